The van der Waals surface area contributed by atoms with Gasteiger partial charge in [-0.25, -0.2) is 0 Å². The second-order valence-electron chi connectivity index (χ2n) is 9.08. The molecule has 7 nitrogen and oxygen atoms in total. The Bertz CT molecular complexity index is 1600. The molecule has 4 aromatic rings. The number of carbonyl (C=O) groups excluding carboxylic acids is 1. The van der Waals surface area contributed by atoms with E-state index in [0.717, 1.165) is 49.1 Å². The maximum absolute atomic E-state index is 13.3. The third-order valence-corrected chi connectivity index (χ3v) is 7.06. The zero-order valence-electron chi connectivity index (χ0n) is 20.6. The lowest BCUT2D eigenvalue weighted by Crippen LogP contribution is -2.14. The van der Waals surface area contributed by atoms with Gasteiger partial charge in [0.05, 0.1) is 19.3 Å². The fourth-order valence-electron chi connectivity index (χ4n) is 4.87. The Kier molecular flexibility index (Phi) is 5.93. The Labute approximate surface area is 222 Å². The molecule has 37 heavy (non-hydrogen) atoms. The quantitative estimate of drug-likeness (QED) is 0.265. The number of fused-ring (bicyclic) bond motifs is 3. The van der Waals surface area contributed by atoms with Crippen molar-refractivity contribution in [1.29, 1.82) is 0 Å². The van der Waals surface area contributed by atoms with E-state index in [1.165, 1.54) is 0 Å². The maximum Gasteiger partial charge on any atom is 0.232 e. The third kappa shape index (κ3) is 4.26. The minimum atomic E-state index is -0.145. The summed E-state index contributed by atoms with van der Waals surface area (Å²) in [6.07, 6.45) is 3.77. The molecule has 3 heterocycles. The van der Waals surface area contributed by atoms with Crippen LogP contribution in [0.15, 0.2) is 58.9 Å². The second-order valence-corrected chi connectivity index (χ2v) is 10.00. The van der Waals surface area contributed by atoms with Crippen LogP contribution in [0.5, 0.6) is 23.0 Å². The average molecular weight is 562 g/mol. The summed E-state index contributed by atoms with van der Waals surface area (Å²) in [6.45, 7) is 2.90. The molecule has 0 aliphatic carbocycles. The molecule has 3 aromatic carbocycles. The van der Waals surface area contributed by atoms with Gasteiger partial charge in [0.2, 0.25) is 5.78 Å². The van der Waals surface area contributed by atoms with E-state index in [-0.39, 0.29) is 18.3 Å². The SMILES string of the molecule is COc1ccc2c(c1)c(/C=C1\Oc3cc(OCc4cc(Br)cc5c4OCOC5)cc(C)c3C1=O)cn2C. The molecule has 0 saturated heterocycles. The van der Waals surface area contributed by atoms with Crippen LogP contribution in [0, 0.1) is 6.92 Å². The van der Waals surface area contributed by atoms with Gasteiger partial charge >= 0.3 is 0 Å². The number of aromatic nitrogens is 1. The van der Waals surface area contributed by atoms with E-state index in [1.54, 1.807) is 19.3 Å². The van der Waals surface area contributed by atoms with Crippen molar-refractivity contribution in [3.8, 4) is 23.0 Å². The first-order chi connectivity index (χ1) is 17.9. The number of methoxy groups -OCH3 is 1. The highest BCUT2D eigenvalue weighted by molar-refractivity contribution is 9.10. The number of benzene rings is 3. The Morgan fingerprint density at radius 1 is 1.14 bits per heavy atom. The molecule has 0 radical (unpaired) electrons. The molecule has 0 unspecified atom stereocenters. The van der Waals surface area contributed by atoms with Crippen LogP contribution in [0.2, 0.25) is 0 Å². The first kappa shape index (κ1) is 23.6. The summed E-state index contributed by atoms with van der Waals surface area (Å²) in [4.78, 5) is 13.3. The molecule has 0 N–H and O–H groups in total. The van der Waals surface area contributed by atoms with Crippen LogP contribution in [0.1, 0.15) is 32.6 Å². The van der Waals surface area contributed by atoms with Crippen molar-refractivity contribution in [2.75, 3.05) is 13.9 Å². The maximum atomic E-state index is 13.3. The lowest BCUT2D eigenvalue weighted by Gasteiger charge is -2.21. The van der Waals surface area contributed by atoms with Crippen molar-refractivity contribution in [3.63, 3.8) is 0 Å². The summed E-state index contributed by atoms with van der Waals surface area (Å²) in [5.74, 6) is 2.78. The summed E-state index contributed by atoms with van der Waals surface area (Å²) >= 11 is 3.55. The summed E-state index contributed by atoms with van der Waals surface area (Å²) in [5.41, 5.74) is 5.14. The Morgan fingerprint density at radius 3 is 2.84 bits per heavy atom. The van der Waals surface area contributed by atoms with Crippen LogP contribution in [-0.2, 0) is 25.0 Å². The molecule has 0 saturated carbocycles. The number of hydrogen-bond donors (Lipinski definition) is 0. The second kappa shape index (κ2) is 9.28. The minimum Gasteiger partial charge on any atom is -0.497 e. The summed E-state index contributed by atoms with van der Waals surface area (Å²) in [5, 5.41) is 0.979. The molecular weight excluding hydrogens is 538 g/mol. The predicted molar refractivity (Wildman–Crippen MR) is 142 cm³/mol. The molecule has 0 spiro atoms. The third-order valence-electron chi connectivity index (χ3n) is 6.60. The van der Waals surface area contributed by atoms with E-state index >= 15 is 0 Å². The zero-order chi connectivity index (χ0) is 25.7. The normalized spacial score (nSPS) is 15.4. The van der Waals surface area contributed by atoms with E-state index in [2.05, 4.69) is 15.9 Å². The number of ketones is 1. The molecule has 0 bridgehead atoms. The van der Waals surface area contributed by atoms with Crippen molar-refractivity contribution in [2.24, 2.45) is 7.05 Å². The van der Waals surface area contributed by atoms with E-state index in [0.29, 0.717) is 30.3 Å². The summed E-state index contributed by atoms with van der Waals surface area (Å²) in [7, 11) is 3.61. The number of ether oxygens (including phenoxy) is 5. The smallest absolute Gasteiger partial charge is 0.232 e. The van der Waals surface area contributed by atoms with Gasteiger partial charge in [-0.15, -0.1) is 0 Å². The van der Waals surface area contributed by atoms with E-state index < -0.39 is 0 Å². The van der Waals surface area contributed by atoms with E-state index in [1.807, 2.05) is 61.1 Å². The van der Waals surface area contributed by atoms with Crippen molar-refractivity contribution in [1.82, 2.24) is 4.57 Å². The molecular formula is C29H24BrNO6. The van der Waals surface area contributed by atoms with Crippen molar-refractivity contribution in [2.45, 2.75) is 20.1 Å². The lowest BCUT2D eigenvalue weighted by atomic mass is 10.0. The van der Waals surface area contributed by atoms with Crippen LogP contribution in [-0.4, -0.2) is 24.3 Å². The molecule has 0 atom stereocenters. The fraction of sp³-hybridized carbons (Fsp3) is 0.207. The van der Waals surface area contributed by atoms with Crippen molar-refractivity contribution in [3.05, 3.63) is 86.7 Å². The summed E-state index contributed by atoms with van der Waals surface area (Å²) in [6, 6.07) is 13.5. The first-order valence-electron chi connectivity index (χ1n) is 11.8. The van der Waals surface area contributed by atoms with Gasteiger partial charge in [0, 0.05) is 51.4 Å². The van der Waals surface area contributed by atoms with Crippen LogP contribution in [0.4, 0.5) is 0 Å². The van der Waals surface area contributed by atoms with Gasteiger partial charge in [0.25, 0.3) is 0 Å². The standard InChI is InChI=1S/C29H24BrNO6/c1-16-6-22(35-14-19-8-20(30)7-18-13-34-15-36-29(18)19)11-25-27(16)28(32)26(37-25)9-17-12-31(2)24-5-4-21(33-3)10-23(17)24/h4-12H,13-15H2,1-3H3/b26-9-. The van der Waals surface area contributed by atoms with Crippen LogP contribution < -0.4 is 18.9 Å². The largest absolute Gasteiger partial charge is 0.497 e. The molecule has 0 amide bonds. The van der Waals surface area contributed by atoms with Crippen LogP contribution in [0.25, 0.3) is 17.0 Å². The molecule has 0 fully saturated rings. The number of aryl methyl sites for hydroxylation is 2. The Balaban J connectivity index is 1.28. The average Bonchev–Trinajstić information content (AvgIpc) is 3.37. The number of hydrogen-bond acceptors (Lipinski definition) is 6. The number of Topliss-reactive ketones (excluding diaryl/α,β-unsaturated/α-hetero) is 1. The first-order valence-corrected chi connectivity index (χ1v) is 12.6. The lowest BCUT2D eigenvalue weighted by molar-refractivity contribution is -0.0176. The monoisotopic (exact) mass is 561 g/mol. The molecule has 1 aromatic heterocycles. The number of halogens is 1. The van der Waals surface area contributed by atoms with Gasteiger partial charge < -0.3 is 28.3 Å². The van der Waals surface area contributed by atoms with E-state index in [4.69, 9.17) is 23.7 Å². The highest BCUT2D eigenvalue weighted by Gasteiger charge is 2.30. The van der Waals surface area contributed by atoms with E-state index in [9.17, 15) is 4.79 Å². The van der Waals surface area contributed by atoms with Gasteiger partial charge in [0.15, 0.2) is 12.6 Å². The highest BCUT2D eigenvalue weighted by atomic mass is 79.9. The van der Waals surface area contributed by atoms with Gasteiger partial charge in [-0.1, -0.05) is 15.9 Å². The van der Waals surface area contributed by atoms with Gasteiger partial charge in [-0.05, 0) is 55.0 Å². The van der Waals surface area contributed by atoms with Crippen molar-refractivity contribution >= 4 is 38.7 Å². The Hall–Kier alpha value is -3.75. The predicted octanol–water partition coefficient (Wildman–Crippen LogP) is 6.32. The molecule has 188 valence electrons. The van der Waals surface area contributed by atoms with Crippen molar-refractivity contribution < 1.29 is 28.5 Å². The molecule has 8 heteroatoms. The topological polar surface area (TPSA) is 68.2 Å². The summed E-state index contributed by atoms with van der Waals surface area (Å²) < 4.78 is 31.6. The molecule has 2 aliphatic rings. The molecule has 2 aliphatic heterocycles. The van der Waals surface area contributed by atoms with Gasteiger partial charge in [-0.3, -0.25) is 4.79 Å². The zero-order valence-corrected chi connectivity index (χ0v) is 22.2. The van der Waals surface area contributed by atoms with Gasteiger partial charge in [0.1, 0.15) is 29.6 Å². The van der Waals surface area contributed by atoms with Crippen LogP contribution in [0.3, 0.4) is 0 Å². The number of allylic oxidation sites excluding steroid dienone is 1. The minimum absolute atomic E-state index is 0.145. The van der Waals surface area contributed by atoms with Crippen LogP contribution >= 0.6 is 15.9 Å². The fourth-order valence-corrected chi connectivity index (χ4v) is 5.42. The van der Waals surface area contributed by atoms with Gasteiger partial charge in [-0.2, -0.15) is 0 Å². The highest BCUT2D eigenvalue weighted by Crippen LogP contribution is 2.39. The number of nitrogens with zero attached hydrogens (tertiary/aromatic N) is 1. The Morgan fingerprint density at radius 2 is 2.00 bits per heavy atom. The molecule has 6 rings (SSSR count). The number of carbonyl (C=O) groups is 1. The number of rotatable bonds is 5.